The Morgan fingerprint density at radius 2 is 1.82 bits per heavy atom. The summed E-state index contributed by atoms with van der Waals surface area (Å²) in [7, 11) is 4.52. The summed E-state index contributed by atoms with van der Waals surface area (Å²) in [5.41, 5.74) is 0. The third-order valence-electron chi connectivity index (χ3n) is 2.34. The van der Waals surface area contributed by atoms with Crippen LogP contribution >= 0.6 is 0 Å². The van der Waals surface area contributed by atoms with Gasteiger partial charge in [-0.15, -0.1) is 0 Å². The standard InChI is InChI=1S/C10H15N3O4/c1-6(9(14)15)13(2)10-11-7(16-3)5-8(12-10)17-4/h5-6H,1-4H3,(H,14,15). The Morgan fingerprint density at radius 3 is 2.18 bits per heavy atom. The summed E-state index contributed by atoms with van der Waals surface area (Å²) in [5, 5.41) is 8.91. The van der Waals surface area contributed by atoms with E-state index in [-0.39, 0.29) is 5.95 Å². The monoisotopic (exact) mass is 241 g/mol. The SMILES string of the molecule is COc1cc(OC)nc(N(C)C(C)C(=O)O)n1. The van der Waals surface area contributed by atoms with Crippen LogP contribution < -0.4 is 14.4 Å². The second-order valence-electron chi connectivity index (χ2n) is 3.38. The molecular weight excluding hydrogens is 226 g/mol. The van der Waals surface area contributed by atoms with Crippen LogP contribution in [0.1, 0.15) is 6.92 Å². The average Bonchev–Trinajstić information content (AvgIpc) is 2.35. The molecule has 1 aromatic heterocycles. The number of carbonyl (C=O) groups is 1. The maximum atomic E-state index is 10.9. The van der Waals surface area contributed by atoms with E-state index < -0.39 is 12.0 Å². The first-order valence-corrected chi connectivity index (χ1v) is 4.92. The van der Waals surface area contributed by atoms with Gasteiger partial charge in [-0.05, 0) is 6.92 Å². The molecule has 1 aromatic rings. The van der Waals surface area contributed by atoms with Gasteiger partial charge in [0.15, 0.2) is 0 Å². The molecule has 0 radical (unpaired) electrons. The van der Waals surface area contributed by atoms with Crippen molar-refractivity contribution in [3.63, 3.8) is 0 Å². The Hall–Kier alpha value is -2.05. The van der Waals surface area contributed by atoms with Crippen LogP contribution in [0.3, 0.4) is 0 Å². The summed E-state index contributed by atoms with van der Waals surface area (Å²) in [6, 6.07) is 0.773. The summed E-state index contributed by atoms with van der Waals surface area (Å²) >= 11 is 0. The van der Waals surface area contributed by atoms with Crippen LogP contribution in [0, 0.1) is 0 Å². The van der Waals surface area contributed by atoms with Crippen LogP contribution in [0.5, 0.6) is 11.8 Å². The number of ether oxygens (including phenoxy) is 2. The zero-order valence-electron chi connectivity index (χ0n) is 10.2. The van der Waals surface area contributed by atoms with E-state index in [1.54, 1.807) is 7.05 Å². The molecule has 7 heteroatoms. The second-order valence-corrected chi connectivity index (χ2v) is 3.38. The number of methoxy groups -OCH3 is 2. The molecule has 1 atom stereocenters. The first-order chi connectivity index (χ1) is 7.99. The van der Waals surface area contributed by atoms with E-state index in [2.05, 4.69) is 9.97 Å². The average molecular weight is 241 g/mol. The van der Waals surface area contributed by atoms with Gasteiger partial charge in [0.05, 0.1) is 20.3 Å². The van der Waals surface area contributed by atoms with E-state index in [4.69, 9.17) is 14.6 Å². The van der Waals surface area contributed by atoms with Gasteiger partial charge in [0.25, 0.3) is 0 Å². The first kappa shape index (κ1) is 13.0. The lowest BCUT2D eigenvalue weighted by atomic mass is 10.3. The zero-order valence-corrected chi connectivity index (χ0v) is 10.2. The molecule has 0 saturated heterocycles. The Kier molecular flexibility index (Phi) is 4.08. The van der Waals surface area contributed by atoms with Gasteiger partial charge in [-0.1, -0.05) is 0 Å². The number of nitrogens with zero attached hydrogens (tertiary/aromatic N) is 3. The van der Waals surface area contributed by atoms with Crippen LogP contribution in [0.2, 0.25) is 0 Å². The zero-order chi connectivity index (χ0) is 13.0. The number of aromatic nitrogens is 2. The lowest BCUT2D eigenvalue weighted by Gasteiger charge is -2.21. The Morgan fingerprint density at radius 1 is 1.35 bits per heavy atom. The molecule has 0 spiro atoms. The minimum atomic E-state index is -0.960. The molecule has 0 aromatic carbocycles. The molecule has 0 bridgehead atoms. The van der Waals surface area contributed by atoms with Crippen molar-refractivity contribution in [2.45, 2.75) is 13.0 Å². The normalized spacial score (nSPS) is 11.8. The third-order valence-corrected chi connectivity index (χ3v) is 2.34. The van der Waals surface area contributed by atoms with Crippen LogP contribution in [-0.4, -0.2) is 48.4 Å². The van der Waals surface area contributed by atoms with Crippen molar-refractivity contribution < 1.29 is 19.4 Å². The van der Waals surface area contributed by atoms with E-state index in [0.717, 1.165) is 0 Å². The molecule has 0 aliphatic heterocycles. The van der Waals surface area contributed by atoms with Crippen LogP contribution in [0.15, 0.2) is 6.07 Å². The Balaban J connectivity index is 3.07. The smallest absolute Gasteiger partial charge is 0.326 e. The van der Waals surface area contributed by atoms with Gasteiger partial charge < -0.3 is 19.5 Å². The molecule has 94 valence electrons. The lowest BCUT2D eigenvalue weighted by Crippen LogP contribution is -2.36. The quantitative estimate of drug-likeness (QED) is 0.798. The highest BCUT2D eigenvalue weighted by Crippen LogP contribution is 2.20. The molecule has 17 heavy (non-hydrogen) atoms. The minimum absolute atomic E-state index is 0.233. The number of hydrogen-bond acceptors (Lipinski definition) is 6. The van der Waals surface area contributed by atoms with E-state index in [0.29, 0.717) is 11.8 Å². The fourth-order valence-corrected chi connectivity index (χ4v) is 1.10. The van der Waals surface area contributed by atoms with Gasteiger partial charge in [-0.3, -0.25) is 0 Å². The van der Waals surface area contributed by atoms with Crippen molar-refractivity contribution in [3.8, 4) is 11.8 Å². The number of carboxylic acid groups (broad SMARTS) is 1. The number of anilines is 1. The Bertz CT molecular complexity index is 388. The Labute approximate surface area is 99.0 Å². The van der Waals surface area contributed by atoms with Crippen molar-refractivity contribution in [2.24, 2.45) is 0 Å². The van der Waals surface area contributed by atoms with Gasteiger partial charge in [0, 0.05) is 7.05 Å². The van der Waals surface area contributed by atoms with E-state index >= 15 is 0 Å². The molecule has 0 aliphatic rings. The third kappa shape index (κ3) is 2.96. The highest BCUT2D eigenvalue weighted by atomic mass is 16.5. The van der Waals surface area contributed by atoms with Crippen molar-refractivity contribution in [3.05, 3.63) is 6.07 Å². The molecule has 0 saturated carbocycles. The predicted octanol–water partition coefficient (Wildman–Crippen LogP) is 0.403. The molecule has 1 rings (SSSR count). The molecule has 7 nitrogen and oxygen atoms in total. The number of carboxylic acids is 1. The van der Waals surface area contributed by atoms with Gasteiger partial charge in [-0.25, -0.2) is 4.79 Å². The summed E-state index contributed by atoms with van der Waals surface area (Å²) in [6.45, 7) is 1.54. The predicted molar refractivity (Wildman–Crippen MR) is 60.6 cm³/mol. The van der Waals surface area contributed by atoms with Crippen molar-refractivity contribution in [1.29, 1.82) is 0 Å². The fraction of sp³-hybridized carbons (Fsp3) is 0.500. The van der Waals surface area contributed by atoms with Crippen LogP contribution in [0.4, 0.5) is 5.95 Å². The van der Waals surface area contributed by atoms with Gasteiger partial charge >= 0.3 is 5.97 Å². The molecule has 0 aliphatic carbocycles. The molecular formula is C10H15N3O4. The molecule has 0 fully saturated rings. The number of likely N-dealkylation sites (N-methyl/N-ethyl adjacent to an activating group) is 1. The highest BCUT2D eigenvalue weighted by Gasteiger charge is 2.20. The number of rotatable bonds is 5. The largest absolute Gasteiger partial charge is 0.481 e. The summed E-state index contributed by atoms with van der Waals surface area (Å²) in [6.07, 6.45) is 0. The van der Waals surface area contributed by atoms with Crippen molar-refractivity contribution in [1.82, 2.24) is 9.97 Å². The molecule has 0 amide bonds. The van der Waals surface area contributed by atoms with E-state index in [9.17, 15) is 4.79 Å². The molecule has 1 heterocycles. The fourth-order valence-electron chi connectivity index (χ4n) is 1.10. The molecule has 1 unspecified atom stereocenters. The van der Waals surface area contributed by atoms with Crippen LogP contribution in [-0.2, 0) is 4.79 Å². The highest BCUT2D eigenvalue weighted by molar-refractivity contribution is 5.76. The lowest BCUT2D eigenvalue weighted by molar-refractivity contribution is -0.138. The molecule has 1 N–H and O–H groups in total. The topological polar surface area (TPSA) is 84.8 Å². The van der Waals surface area contributed by atoms with Crippen molar-refractivity contribution in [2.75, 3.05) is 26.2 Å². The van der Waals surface area contributed by atoms with Crippen LogP contribution in [0.25, 0.3) is 0 Å². The van der Waals surface area contributed by atoms with Gasteiger partial charge in [0.1, 0.15) is 6.04 Å². The summed E-state index contributed by atoms with van der Waals surface area (Å²) < 4.78 is 9.97. The van der Waals surface area contributed by atoms with E-state index in [1.165, 1.54) is 32.1 Å². The first-order valence-electron chi connectivity index (χ1n) is 4.92. The number of hydrogen-bond donors (Lipinski definition) is 1. The maximum absolute atomic E-state index is 10.9. The summed E-state index contributed by atoms with van der Waals surface area (Å²) in [4.78, 5) is 20.4. The minimum Gasteiger partial charge on any atom is -0.481 e. The van der Waals surface area contributed by atoms with Gasteiger partial charge in [0.2, 0.25) is 17.7 Å². The van der Waals surface area contributed by atoms with Crippen molar-refractivity contribution >= 4 is 11.9 Å². The maximum Gasteiger partial charge on any atom is 0.326 e. The second kappa shape index (κ2) is 5.33. The van der Waals surface area contributed by atoms with Gasteiger partial charge in [-0.2, -0.15) is 9.97 Å². The van der Waals surface area contributed by atoms with E-state index in [1.807, 2.05) is 0 Å². The summed E-state index contributed by atoms with van der Waals surface area (Å²) in [5.74, 6) is -0.0958. The number of aliphatic carboxylic acids is 1.